The summed E-state index contributed by atoms with van der Waals surface area (Å²) in [6, 6.07) is 7.76. The van der Waals surface area contributed by atoms with Crippen LogP contribution in [0.1, 0.15) is 15.4 Å². The van der Waals surface area contributed by atoms with Crippen molar-refractivity contribution in [3.63, 3.8) is 0 Å². The maximum atomic E-state index is 12.5. The molecule has 0 radical (unpaired) electrons. The zero-order valence-corrected chi connectivity index (χ0v) is 13.5. The van der Waals surface area contributed by atoms with Gasteiger partial charge in [0, 0.05) is 42.7 Å². The number of aryl methyl sites for hydroxylation is 1. The van der Waals surface area contributed by atoms with Gasteiger partial charge in [0.1, 0.15) is 0 Å². The van der Waals surface area contributed by atoms with E-state index in [0.717, 1.165) is 48.0 Å². The first-order valence-electron chi connectivity index (χ1n) is 6.76. The highest BCUT2D eigenvalue weighted by Gasteiger charge is 2.18. The number of amides is 1. The molecule has 1 aliphatic heterocycles. The molecular weight excluding hydrogens is 306 g/mol. The summed E-state index contributed by atoms with van der Waals surface area (Å²) in [5, 5.41) is 6.33. The molecule has 0 atom stereocenters. The number of hydrogen-bond donors (Lipinski definition) is 1. The van der Waals surface area contributed by atoms with Gasteiger partial charge in [-0.3, -0.25) is 4.79 Å². The Morgan fingerprint density at radius 3 is 2.76 bits per heavy atom. The Morgan fingerprint density at radius 2 is 2.10 bits per heavy atom. The average Bonchev–Trinajstić information content (AvgIpc) is 2.94. The second-order valence-electron chi connectivity index (χ2n) is 4.87. The highest BCUT2D eigenvalue weighted by atomic mass is 35.5. The van der Waals surface area contributed by atoms with Crippen LogP contribution in [-0.4, -0.2) is 42.0 Å². The van der Waals surface area contributed by atoms with Gasteiger partial charge in [-0.15, -0.1) is 23.7 Å². The van der Waals surface area contributed by atoms with E-state index in [4.69, 9.17) is 0 Å². The minimum atomic E-state index is 0. The second-order valence-corrected chi connectivity index (χ2v) is 5.94. The third-order valence-electron chi connectivity index (χ3n) is 3.43. The van der Waals surface area contributed by atoms with Gasteiger partial charge in [0.05, 0.1) is 10.7 Å². The van der Waals surface area contributed by atoms with Gasteiger partial charge in [-0.05, 0) is 19.1 Å². The number of hydrogen-bond acceptors (Lipinski definition) is 4. The summed E-state index contributed by atoms with van der Waals surface area (Å²) >= 11 is 1.63. The number of aromatic nitrogens is 1. The summed E-state index contributed by atoms with van der Waals surface area (Å²) in [6.45, 7) is 5.29. The molecule has 0 bridgehead atoms. The van der Waals surface area contributed by atoms with Crippen LogP contribution >= 0.6 is 23.7 Å². The van der Waals surface area contributed by atoms with Gasteiger partial charge in [-0.2, -0.15) is 0 Å². The van der Waals surface area contributed by atoms with Crippen molar-refractivity contribution in [2.45, 2.75) is 6.92 Å². The molecule has 0 spiro atoms. The Hall–Kier alpha value is -1.43. The van der Waals surface area contributed by atoms with Crippen molar-refractivity contribution in [3.8, 4) is 11.3 Å². The summed E-state index contributed by atoms with van der Waals surface area (Å²) in [6.07, 6.45) is 0. The zero-order valence-electron chi connectivity index (χ0n) is 11.8. The fourth-order valence-corrected chi connectivity index (χ4v) is 2.98. The smallest absolute Gasteiger partial charge is 0.253 e. The predicted octanol–water partition coefficient (Wildman–Crippen LogP) is 2.59. The molecule has 2 aromatic rings. The first-order chi connectivity index (χ1) is 9.74. The molecule has 1 saturated heterocycles. The molecule has 1 aromatic heterocycles. The van der Waals surface area contributed by atoms with Crippen molar-refractivity contribution in [1.29, 1.82) is 0 Å². The van der Waals surface area contributed by atoms with Crippen LogP contribution < -0.4 is 5.32 Å². The van der Waals surface area contributed by atoms with E-state index in [1.165, 1.54) is 0 Å². The SMILES string of the molecule is Cc1nc(-c2cccc(C(=O)N3CCNCC3)c2)cs1.Cl. The summed E-state index contributed by atoms with van der Waals surface area (Å²) in [5.74, 6) is 0.111. The summed E-state index contributed by atoms with van der Waals surface area (Å²) in [5.41, 5.74) is 2.70. The average molecular weight is 324 g/mol. The molecule has 3 rings (SSSR count). The van der Waals surface area contributed by atoms with Gasteiger partial charge >= 0.3 is 0 Å². The lowest BCUT2D eigenvalue weighted by Crippen LogP contribution is -2.46. The molecule has 21 heavy (non-hydrogen) atoms. The Labute approximate surface area is 134 Å². The number of nitrogens with zero attached hydrogens (tertiary/aromatic N) is 2. The van der Waals surface area contributed by atoms with Gasteiger partial charge in [0.2, 0.25) is 0 Å². The van der Waals surface area contributed by atoms with Crippen molar-refractivity contribution in [3.05, 3.63) is 40.2 Å². The Morgan fingerprint density at radius 1 is 1.33 bits per heavy atom. The summed E-state index contributed by atoms with van der Waals surface area (Å²) in [4.78, 5) is 18.9. The van der Waals surface area contributed by atoms with Crippen LogP contribution in [0, 0.1) is 6.92 Å². The van der Waals surface area contributed by atoms with Crippen molar-refractivity contribution in [2.75, 3.05) is 26.2 Å². The minimum absolute atomic E-state index is 0. The Kier molecular flexibility index (Phi) is 5.33. The summed E-state index contributed by atoms with van der Waals surface area (Å²) in [7, 11) is 0. The molecule has 6 heteroatoms. The molecule has 112 valence electrons. The van der Waals surface area contributed by atoms with E-state index in [1.807, 2.05) is 41.5 Å². The van der Waals surface area contributed by atoms with Gasteiger partial charge in [0.15, 0.2) is 0 Å². The van der Waals surface area contributed by atoms with Crippen LogP contribution in [0.15, 0.2) is 29.6 Å². The fraction of sp³-hybridized carbons (Fsp3) is 0.333. The molecule has 2 heterocycles. The van der Waals surface area contributed by atoms with Crippen molar-refractivity contribution >= 4 is 29.7 Å². The zero-order chi connectivity index (χ0) is 13.9. The highest BCUT2D eigenvalue weighted by molar-refractivity contribution is 7.09. The third kappa shape index (κ3) is 3.61. The van der Waals surface area contributed by atoms with E-state index < -0.39 is 0 Å². The Bertz CT molecular complexity index is 623. The van der Waals surface area contributed by atoms with E-state index in [1.54, 1.807) is 11.3 Å². The molecule has 1 aliphatic rings. The second kappa shape index (κ2) is 7.02. The monoisotopic (exact) mass is 323 g/mol. The van der Waals surface area contributed by atoms with E-state index >= 15 is 0 Å². The van der Waals surface area contributed by atoms with Crippen molar-refractivity contribution in [2.24, 2.45) is 0 Å². The van der Waals surface area contributed by atoms with E-state index in [-0.39, 0.29) is 18.3 Å². The highest BCUT2D eigenvalue weighted by Crippen LogP contribution is 2.23. The first kappa shape index (κ1) is 15.9. The molecular formula is C15H18ClN3OS. The lowest BCUT2D eigenvalue weighted by atomic mass is 10.1. The van der Waals surface area contributed by atoms with Crippen LogP contribution in [0.5, 0.6) is 0 Å². The van der Waals surface area contributed by atoms with Gasteiger partial charge < -0.3 is 10.2 Å². The molecule has 0 saturated carbocycles. The molecule has 0 aliphatic carbocycles. The number of carbonyl (C=O) groups is 1. The largest absolute Gasteiger partial charge is 0.336 e. The number of nitrogens with one attached hydrogen (secondary N) is 1. The fourth-order valence-electron chi connectivity index (χ4n) is 2.36. The lowest BCUT2D eigenvalue weighted by Gasteiger charge is -2.27. The third-order valence-corrected chi connectivity index (χ3v) is 4.20. The van der Waals surface area contributed by atoms with Gasteiger partial charge in [-0.1, -0.05) is 12.1 Å². The summed E-state index contributed by atoms with van der Waals surface area (Å²) < 4.78 is 0. The topological polar surface area (TPSA) is 45.2 Å². The number of halogens is 1. The van der Waals surface area contributed by atoms with Crippen molar-refractivity contribution in [1.82, 2.24) is 15.2 Å². The number of thiazole rings is 1. The molecule has 1 N–H and O–H groups in total. The van der Waals surface area contributed by atoms with E-state index in [2.05, 4.69) is 10.3 Å². The molecule has 1 amide bonds. The van der Waals surface area contributed by atoms with Crippen LogP contribution in [0.3, 0.4) is 0 Å². The molecule has 4 nitrogen and oxygen atoms in total. The van der Waals surface area contributed by atoms with Gasteiger partial charge in [0.25, 0.3) is 5.91 Å². The normalized spacial score (nSPS) is 14.6. The molecule has 1 fully saturated rings. The molecule has 1 aromatic carbocycles. The van der Waals surface area contributed by atoms with Crippen LogP contribution in [-0.2, 0) is 0 Å². The van der Waals surface area contributed by atoms with Crippen LogP contribution in [0.2, 0.25) is 0 Å². The minimum Gasteiger partial charge on any atom is -0.336 e. The quantitative estimate of drug-likeness (QED) is 0.924. The van der Waals surface area contributed by atoms with Crippen LogP contribution in [0.4, 0.5) is 0 Å². The maximum Gasteiger partial charge on any atom is 0.253 e. The Balaban J connectivity index is 0.00000161. The lowest BCUT2D eigenvalue weighted by molar-refractivity contribution is 0.0736. The predicted molar refractivity (Wildman–Crippen MR) is 88.3 cm³/mol. The standard InChI is InChI=1S/C15H17N3OS.ClH/c1-11-17-14(10-20-11)12-3-2-4-13(9-12)15(19)18-7-5-16-6-8-18;/h2-4,9-10,16H,5-8H2,1H3;1H. The van der Waals surface area contributed by atoms with Gasteiger partial charge in [-0.25, -0.2) is 4.98 Å². The number of piperazine rings is 1. The number of rotatable bonds is 2. The maximum absolute atomic E-state index is 12.5. The molecule has 0 unspecified atom stereocenters. The first-order valence-corrected chi connectivity index (χ1v) is 7.64. The van der Waals surface area contributed by atoms with Crippen LogP contribution in [0.25, 0.3) is 11.3 Å². The van der Waals surface area contributed by atoms with E-state index in [0.29, 0.717) is 0 Å². The number of benzene rings is 1. The number of carbonyl (C=O) groups excluding carboxylic acids is 1. The van der Waals surface area contributed by atoms with Crippen molar-refractivity contribution < 1.29 is 4.79 Å². The van der Waals surface area contributed by atoms with E-state index in [9.17, 15) is 4.79 Å².